The number of hydrogen-bond acceptors (Lipinski definition) is 2. The number of benzene rings is 2. The summed E-state index contributed by atoms with van der Waals surface area (Å²) in [7, 11) is 0. The van der Waals surface area contributed by atoms with Gasteiger partial charge in [-0.3, -0.25) is 4.79 Å². The van der Waals surface area contributed by atoms with Crippen LogP contribution in [0.15, 0.2) is 54.6 Å². The maximum absolute atomic E-state index is 11.8. The summed E-state index contributed by atoms with van der Waals surface area (Å²) in [5.41, 5.74) is 7.95. The van der Waals surface area contributed by atoms with E-state index in [1.807, 2.05) is 36.4 Å². The van der Waals surface area contributed by atoms with Gasteiger partial charge < -0.3 is 11.1 Å². The van der Waals surface area contributed by atoms with Crippen LogP contribution in [0.3, 0.4) is 0 Å². The Balaban J connectivity index is 2.06. The molecule has 2 aromatic carbocycles. The number of rotatable bonds is 3. The third kappa shape index (κ3) is 3.82. The monoisotopic (exact) mass is 364 g/mol. The molecule has 3 nitrogen and oxygen atoms in total. The van der Waals surface area contributed by atoms with Crippen molar-refractivity contribution in [2.75, 3.05) is 11.1 Å². The highest BCUT2D eigenvalue weighted by Crippen LogP contribution is 2.17. The lowest BCUT2D eigenvalue weighted by molar-refractivity contribution is -0.111. The minimum Gasteiger partial charge on any atom is -0.397 e. The first-order valence-corrected chi connectivity index (χ1v) is 6.83. The van der Waals surface area contributed by atoms with E-state index in [9.17, 15) is 4.79 Å². The molecule has 3 N–H and O–H groups in total. The molecular weight excluding hydrogens is 351 g/mol. The zero-order chi connectivity index (χ0) is 13.7. The van der Waals surface area contributed by atoms with Crippen LogP contribution in [0.4, 0.5) is 11.4 Å². The summed E-state index contributed by atoms with van der Waals surface area (Å²) < 4.78 is 1.10. The molecule has 0 fully saturated rings. The smallest absolute Gasteiger partial charge is 0.248 e. The van der Waals surface area contributed by atoms with E-state index < -0.39 is 0 Å². The number of nitrogens with one attached hydrogen (secondary N) is 1. The molecule has 0 aliphatic rings. The van der Waals surface area contributed by atoms with Crippen LogP contribution in [0.1, 0.15) is 5.56 Å². The van der Waals surface area contributed by atoms with Gasteiger partial charge in [0.05, 0.1) is 11.4 Å². The Hall–Kier alpha value is -1.82. The maximum Gasteiger partial charge on any atom is 0.248 e. The van der Waals surface area contributed by atoms with Gasteiger partial charge in [0.2, 0.25) is 5.91 Å². The number of amides is 1. The van der Waals surface area contributed by atoms with Crippen molar-refractivity contribution in [1.82, 2.24) is 0 Å². The molecule has 0 saturated heterocycles. The topological polar surface area (TPSA) is 55.1 Å². The highest BCUT2D eigenvalue weighted by Gasteiger charge is 2.01. The highest BCUT2D eigenvalue weighted by atomic mass is 127. The Morgan fingerprint density at radius 3 is 2.53 bits per heavy atom. The number of halogens is 1. The second-order valence-corrected chi connectivity index (χ2v) is 5.09. The fourth-order valence-corrected chi connectivity index (χ4v) is 2.13. The Morgan fingerprint density at radius 2 is 1.79 bits per heavy atom. The van der Waals surface area contributed by atoms with Gasteiger partial charge in [-0.25, -0.2) is 0 Å². The number of para-hydroxylation sites is 2. The van der Waals surface area contributed by atoms with Gasteiger partial charge in [0.25, 0.3) is 0 Å². The van der Waals surface area contributed by atoms with E-state index in [0.29, 0.717) is 11.4 Å². The summed E-state index contributed by atoms with van der Waals surface area (Å²) in [6.07, 6.45) is 3.29. The van der Waals surface area contributed by atoms with E-state index in [-0.39, 0.29) is 5.91 Å². The Bertz CT molecular complexity index is 623. The summed E-state index contributed by atoms with van der Waals surface area (Å²) in [4.78, 5) is 11.8. The van der Waals surface area contributed by atoms with Crippen LogP contribution in [0, 0.1) is 3.57 Å². The van der Waals surface area contributed by atoms with E-state index in [2.05, 4.69) is 27.9 Å². The maximum atomic E-state index is 11.8. The van der Waals surface area contributed by atoms with E-state index in [1.165, 1.54) is 6.08 Å². The normalized spacial score (nSPS) is 10.6. The summed E-state index contributed by atoms with van der Waals surface area (Å²) in [6.45, 7) is 0. The van der Waals surface area contributed by atoms with E-state index in [4.69, 9.17) is 5.73 Å². The largest absolute Gasteiger partial charge is 0.397 e. The van der Waals surface area contributed by atoms with Crippen LogP contribution >= 0.6 is 22.6 Å². The zero-order valence-corrected chi connectivity index (χ0v) is 12.3. The van der Waals surface area contributed by atoms with Crippen molar-refractivity contribution in [3.63, 3.8) is 0 Å². The van der Waals surface area contributed by atoms with Crippen LogP contribution in [0.2, 0.25) is 0 Å². The van der Waals surface area contributed by atoms with Gasteiger partial charge in [-0.05, 0) is 52.4 Å². The first kappa shape index (κ1) is 13.6. The molecule has 1 amide bonds. The molecule has 0 atom stereocenters. The van der Waals surface area contributed by atoms with Crippen molar-refractivity contribution in [3.05, 3.63) is 63.7 Å². The Labute approximate surface area is 125 Å². The minimum absolute atomic E-state index is 0.197. The molecule has 96 valence electrons. The molecule has 0 saturated carbocycles. The number of anilines is 2. The number of nitrogens with two attached hydrogens (primary N) is 1. The average molecular weight is 364 g/mol. The molecule has 0 aromatic heterocycles. The molecule has 19 heavy (non-hydrogen) atoms. The predicted octanol–water partition coefficient (Wildman–Crippen LogP) is 3.53. The molecule has 0 aliphatic carbocycles. The predicted molar refractivity (Wildman–Crippen MR) is 87.7 cm³/mol. The highest BCUT2D eigenvalue weighted by molar-refractivity contribution is 14.1. The van der Waals surface area contributed by atoms with Crippen LogP contribution in [-0.2, 0) is 4.79 Å². The lowest BCUT2D eigenvalue weighted by atomic mass is 10.2. The molecule has 0 radical (unpaired) electrons. The van der Waals surface area contributed by atoms with Gasteiger partial charge in [-0.2, -0.15) is 0 Å². The van der Waals surface area contributed by atoms with Crippen LogP contribution in [0.25, 0.3) is 6.08 Å². The van der Waals surface area contributed by atoms with Gasteiger partial charge >= 0.3 is 0 Å². The van der Waals surface area contributed by atoms with Gasteiger partial charge in [0.1, 0.15) is 0 Å². The fraction of sp³-hybridized carbons (Fsp3) is 0. The summed E-state index contributed by atoms with van der Waals surface area (Å²) in [5, 5.41) is 2.75. The third-order valence-electron chi connectivity index (χ3n) is 2.54. The summed E-state index contributed by atoms with van der Waals surface area (Å²) in [5.74, 6) is -0.197. The molecule has 0 unspecified atom stereocenters. The van der Waals surface area contributed by atoms with E-state index in [0.717, 1.165) is 9.13 Å². The standard InChI is InChI=1S/C15H13IN2O/c16-12-6-2-1-5-11(12)9-10-15(19)18-14-8-4-3-7-13(14)17/h1-10H,17H2,(H,18,19)/b10-9+. The molecule has 2 rings (SSSR count). The minimum atomic E-state index is -0.197. The van der Waals surface area contributed by atoms with Crippen LogP contribution < -0.4 is 11.1 Å². The molecule has 4 heteroatoms. The molecule has 2 aromatic rings. The molecule has 0 aliphatic heterocycles. The van der Waals surface area contributed by atoms with Crippen LogP contribution in [-0.4, -0.2) is 5.91 Å². The van der Waals surface area contributed by atoms with Crippen molar-refractivity contribution in [1.29, 1.82) is 0 Å². The second-order valence-electron chi connectivity index (χ2n) is 3.93. The first-order chi connectivity index (χ1) is 9.16. The van der Waals surface area contributed by atoms with Crippen molar-refractivity contribution >= 4 is 45.9 Å². The Morgan fingerprint density at radius 1 is 1.11 bits per heavy atom. The quantitative estimate of drug-likeness (QED) is 0.498. The Kier molecular flexibility index (Phi) is 4.57. The fourth-order valence-electron chi connectivity index (χ4n) is 1.56. The number of hydrogen-bond donors (Lipinski definition) is 2. The van der Waals surface area contributed by atoms with Crippen molar-refractivity contribution in [2.45, 2.75) is 0 Å². The summed E-state index contributed by atoms with van der Waals surface area (Å²) >= 11 is 2.23. The van der Waals surface area contributed by atoms with Crippen molar-refractivity contribution in [3.8, 4) is 0 Å². The zero-order valence-electron chi connectivity index (χ0n) is 10.1. The average Bonchev–Trinajstić information content (AvgIpc) is 2.40. The van der Waals surface area contributed by atoms with E-state index >= 15 is 0 Å². The van der Waals surface area contributed by atoms with Gasteiger partial charge in [-0.1, -0.05) is 30.3 Å². The van der Waals surface area contributed by atoms with Crippen molar-refractivity contribution < 1.29 is 4.79 Å². The number of nitrogen functional groups attached to an aromatic ring is 1. The second kappa shape index (κ2) is 6.38. The van der Waals surface area contributed by atoms with Gasteiger partial charge in [0.15, 0.2) is 0 Å². The van der Waals surface area contributed by atoms with Gasteiger partial charge in [0, 0.05) is 9.65 Å². The third-order valence-corrected chi connectivity index (χ3v) is 3.52. The molecule has 0 heterocycles. The SMILES string of the molecule is Nc1ccccc1NC(=O)/C=C/c1ccccc1I. The van der Waals surface area contributed by atoms with Gasteiger partial charge in [-0.15, -0.1) is 0 Å². The molecule has 0 bridgehead atoms. The molecular formula is C15H13IN2O. The van der Waals surface area contributed by atoms with Crippen molar-refractivity contribution in [2.24, 2.45) is 0 Å². The summed E-state index contributed by atoms with van der Waals surface area (Å²) in [6, 6.07) is 15.0. The van der Waals surface area contributed by atoms with E-state index in [1.54, 1.807) is 18.2 Å². The number of carbonyl (C=O) groups excluding carboxylic acids is 1. The number of carbonyl (C=O) groups is 1. The molecule has 0 spiro atoms. The van der Waals surface area contributed by atoms with Crippen LogP contribution in [0.5, 0.6) is 0 Å². The lowest BCUT2D eigenvalue weighted by Gasteiger charge is -2.05. The lowest BCUT2D eigenvalue weighted by Crippen LogP contribution is -2.09. The first-order valence-electron chi connectivity index (χ1n) is 5.75.